The lowest BCUT2D eigenvalue weighted by atomic mass is 10.0. The van der Waals surface area contributed by atoms with Gasteiger partial charge in [0.05, 0.1) is 17.7 Å². The van der Waals surface area contributed by atoms with Crippen molar-refractivity contribution < 1.29 is 23.8 Å². The zero-order valence-electron chi connectivity index (χ0n) is 11.6. The van der Waals surface area contributed by atoms with Crippen LogP contribution in [0.3, 0.4) is 0 Å². The normalized spacial score (nSPS) is 10.3. The van der Waals surface area contributed by atoms with E-state index >= 15 is 0 Å². The highest BCUT2D eigenvalue weighted by molar-refractivity contribution is 5.91. The number of aromatic carboxylic acids is 1. The molecule has 0 aliphatic carbocycles. The van der Waals surface area contributed by atoms with Crippen molar-refractivity contribution in [1.82, 2.24) is 4.98 Å². The van der Waals surface area contributed by atoms with Gasteiger partial charge in [-0.25, -0.2) is 14.0 Å². The summed E-state index contributed by atoms with van der Waals surface area (Å²) in [5, 5.41) is 8.92. The SMILES string of the molecule is CCOC(=O)c1ccc(-c2cc(C(=O)O)c[nH]c2=O)cc1F. The summed E-state index contributed by atoms with van der Waals surface area (Å²) in [4.78, 5) is 36.5. The lowest BCUT2D eigenvalue weighted by molar-refractivity contribution is 0.0520. The maximum Gasteiger partial charge on any atom is 0.341 e. The van der Waals surface area contributed by atoms with Gasteiger partial charge in [0.25, 0.3) is 5.56 Å². The molecule has 0 bridgehead atoms. The van der Waals surface area contributed by atoms with E-state index in [9.17, 15) is 18.8 Å². The first-order valence-corrected chi connectivity index (χ1v) is 6.37. The molecule has 2 N–H and O–H groups in total. The van der Waals surface area contributed by atoms with E-state index in [0.717, 1.165) is 18.3 Å². The van der Waals surface area contributed by atoms with Crippen LogP contribution in [0.1, 0.15) is 27.6 Å². The zero-order valence-corrected chi connectivity index (χ0v) is 11.6. The summed E-state index contributed by atoms with van der Waals surface area (Å²) in [6.45, 7) is 1.71. The highest BCUT2D eigenvalue weighted by Crippen LogP contribution is 2.20. The van der Waals surface area contributed by atoms with Crippen LogP contribution < -0.4 is 5.56 Å². The van der Waals surface area contributed by atoms with Crippen LogP contribution in [-0.2, 0) is 4.74 Å². The number of carboxylic acids is 1. The molecule has 0 radical (unpaired) electrons. The van der Waals surface area contributed by atoms with E-state index in [0.29, 0.717) is 0 Å². The molecule has 1 heterocycles. The van der Waals surface area contributed by atoms with Crippen LogP contribution in [0, 0.1) is 5.82 Å². The van der Waals surface area contributed by atoms with E-state index in [-0.39, 0.29) is 28.9 Å². The van der Waals surface area contributed by atoms with Gasteiger partial charge in [0.15, 0.2) is 0 Å². The number of rotatable bonds is 4. The summed E-state index contributed by atoms with van der Waals surface area (Å²) in [6, 6.07) is 4.67. The average Bonchev–Trinajstić information content (AvgIpc) is 2.47. The molecule has 0 aliphatic heterocycles. The van der Waals surface area contributed by atoms with E-state index in [4.69, 9.17) is 9.84 Å². The van der Waals surface area contributed by atoms with Crippen molar-refractivity contribution in [2.45, 2.75) is 6.92 Å². The number of ether oxygens (including phenoxy) is 1. The first-order valence-electron chi connectivity index (χ1n) is 6.37. The molecule has 1 aromatic heterocycles. The van der Waals surface area contributed by atoms with Gasteiger partial charge in [-0.2, -0.15) is 0 Å². The Bertz CT molecular complexity index is 797. The summed E-state index contributed by atoms with van der Waals surface area (Å²) in [6.07, 6.45) is 1.05. The van der Waals surface area contributed by atoms with Crippen molar-refractivity contribution in [2.75, 3.05) is 6.61 Å². The Morgan fingerprint density at radius 3 is 2.64 bits per heavy atom. The van der Waals surface area contributed by atoms with Crippen molar-refractivity contribution in [1.29, 1.82) is 0 Å². The van der Waals surface area contributed by atoms with Crippen LogP contribution in [0.15, 0.2) is 35.3 Å². The van der Waals surface area contributed by atoms with Gasteiger partial charge < -0.3 is 14.8 Å². The maximum atomic E-state index is 14.0. The van der Waals surface area contributed by atoms with Gasteiger partial charge in [0.1, 0.15) is 5.82 Å². The molecule has 2 aromatic rings. The molecular weight excluding hydrogens is 293 g/mol. The molecule has 0 atom stereocenters. The predicted molar refractivity (Wildman–Crippen MR) is 75.4 cm³/mol. The number of hydrogen-bond acceptors (Lipinski definition) is 4. The number of esters is 1. The van der Waals surface area contributed by atoms with Crippen LogP contribution in [0.2, 0.25) is 0 Å². The second kappa shape index (κ2) is 6.21. The molecule has 0 spiro atoms. The Labute approximate surface area is 124 Å². The Morgan fingerprint density at radius 2 is 2.05 bits per heavy atom. The lowest BCUT2D eigenvalue weighted by Gasteiger charge is -2.06. The Balaban J connectivity index is 2.49. The van der Waals surface area contributed by atoms with Gasteiger partial charge >= 0.3 is 11.9 Å². The third-order valence-corrected chi connectivity index (χ3v) is 2.93. The molecule has 1 aromatic carbocycles. The fourth-order valence-corrected chi connectivity index (χ4v) is 1.88. The first-order chi connectivity index (χ1) is 10.4. The van der Waals surface area contributed by atoms with Crippen molar-refractivity contribution in [3.05, 3.63) is 57.8 Å². The summed E-state index contributed by atoms with van der Waals surface area (Å²) in [5.41, 5.74) is -0.793. The van der Waals surface area contributed by atoms with Crippen LogP contribution in [0.25, 0.3) is 11.1 Å². The molecule has 0 saturated heterocycles. The lowest BCUT2D eigenvalue weighted by Crippen LogP contribution is -2.12. The third kappa shape index (κ3) is 3.03. The number of pyridine rings is 1. The van der Waals surface area contributed by atoms with E-state index in [2.05, 4.69) is 4.98 Å². The summed E-state index contributed by atoms with van der Waals surface area (Å²) in [7, 11) is 0. The van der Waals surface area contributed by atoms with Gasteiger partial charge in [-0.1, -0.05) is 6.07 Å². The minimum Gasteiger partial charge on any atom is -0.478 e. The van der Waals surface area contributed by atoms with E-state index in [1.54, 1.807) is 6.92 Å². The standard InChI is InChI=1S/C15H12FNO5/c1-2-22-15(21)10-4-3-8(6-12(10)16)11-5-9(14(19)20)7-17-13(11)18/h3-7H,2H2,1H3,(H,17,18)(H,19,20). The summed E-state index contributed by atoms with van der Waals surface area (Å²) >= 11 is 0. The molecule has 2 rings (SSSR count). The number of carbonyl (C=O) groups is 2. The fourth-order valence-electron chi connectivity index (χ4n) is 1.88. The Hall–Kier alpha value is -2.96. The van der Waals surface area contributed by atoms with Crippen LogP contribution in [0.4, 0.5) is 4.39 Å². The van der Waals surface area contributed by atoms with E-state index < -0.39 is 23.3 Å². The topological polar surface area (TPSA) is 96.5 Å². The van der Waals surface area contributed by atoms with Gasteiger partial charge in [-0.15, -0.1) is 0 Å². The van der Waals surface area contributed by atoms with E-state index in [1.807, 2.05) is 0 Å². The zero-order chi connectivity index (χ0) is 16.3. The van der Waals surface area contributed by atoms with Crippen molar-refractivity contribution >= 4 is 11.9 Å². The second-order valence-corrected chi connectivity index (χ2v) is 4.35. The van der Waals surface area contributed by atoms with Crippen molar-refractivity contribution in [3.8, 4) is 11.1 Å². The largest absolute Gasteiger partial charge is 0.478 e. The second-order valence-electron chi connectivity index (χ2n) is 4.35. The number of H-pyrrole nitrogens is 1. The van der Waals surface area contributed by atoms with Gasteiger partial charge in [0.2, 0.25) is 0 Å². The molecule has 0 fully saturated rings. The number of aromatic nitrogens is 1. The molecule has 0 saturated carbocycles. The number of carboxylic acid groups (broad SMARTS) is 1. The predicted octanol–water partition coefficient (Wildman–Crippen LogP) is 2.06. The van der Waals surface area contributed by atoms with Crippen LogP contribution in [0.5, 0.6) is 0 Å². The molecule has 0 unspecified atom stereocenters. The smallest absolute Gasteiger partial charge is 0.341 e. The number of halogens is 1. The molecule has 6 nitrogen and oxygen atoms in total. The molecule has 0 aliphatic rings. The fraction of sp³-hybridized carbons (Fsp3) is 0.133. The molecule has 22 heavy (non-hydrogen) atoms. The molecule has 7 heteroatoms. The van der Waals surface area contributed by atoms with Gasteiger partial charge in [0, 0.05) is 11.8 Å². The number of aromatic amines is 1. The maximum absolute atomic E-state index is 14.0. The van der Waals surface area contributed by atoms with Crippen molar-refractivity contribution in [2.24, 2.45) is 0 Å². The monoisotopic (exact) mass is 305 g/mol. The molecule has 0 amide bonds. The summed E-state index contributed by atoms with van der Waals surface area (Å²) in [5.74, 6) is -2.88. The third-order valence-electron chi connectivity index (χ3n) is 2.93. The number of nitrogens with one attached hydrogen (secondary N) is 1. The highest BCUT2D eigenvalue weighted by Gasteiger charge is 2.15. The minimum atomic E-state index is -1.22. The Morgan fingerprint density at radius 1 is 1.32 bits per heavy atom. The summed E-state index contributed by atoms with van der Waals surface area (Å²) < 4.78 is 18.7. The van der Waals surface area contributed by atoms with Gasteiger partial charge in [-0.3, -0.25) is 4.79 Å². The van der Waals surface area contributed by atoms with Crippen LogP contribution >= 0.6 is 0 Å². The number of hydrogen-bond donors (Lipinski definition) is 2. The average molecular weight is 305 g/mol. The Kier molecular flexibility index (Phi) is 4.36. The van der Waals surface area contributed by atoms with Crippen LogP contribution in [-0.4, -0.2) is 28.6 Å². The quantitative estimate of drug-likeness (QED) is 0.843. The van der Waals surface area contributed by atoms with Gasteiger partial charge in [-0.05, 0) is 30.7 Å². The van der Waals surface area contributed by atoms with Crippen molar-refractivity contribution in [3.63, 3.8) is 0 Å². The number of carbonyl (C=O) groups excluding carboxylic acids is 1. The molecule has 114 valence electrons. The number of benzene rings is 1. The molecular formula is C15H12FNO5. The van der Waals surface area contributed by atoms with E-state index in [1.165, 1.54) is 12.1 Å². The first kappa shape index (κ1) is 15.4. The minimum absolute atomic E-state index is 0.00536. The highest BCUT2D eigenvalue weighted by atomic mass is 19.1.